The van der Waals surface area contributed by atoms with Crippen molar-refractivity contribution >= 4 is 23.2 Å². The van der Waals surface area contributed by atoms with Crippen LogP contribution in [0.2, 0.25) is 5.15 Å². The Kier molecular flexibility index (Phi) is 4.90. The number of rotatable bonds is 4. The van der Waals surface area contributed by atoms with E-state index in [0.717, 1.165) is 0 Å². The Morgan fingerprint density at radius 2 is 2.18 bits per heavy atom. The highest BCUT2D eigenvalue weighted by molar-refractivity contribution is 6.29. The SMILES string of the molecule is Cc1nc(Cl)ccc1NC(=O)[C@@H](N)CC(C)C. The fraction of sp³-hybridized carbons (Fsp3) is 0.500. The second-order valence-electron chi connectivity index (χ2n) is 4.49. The molecule has 0 saturated carbocycles. The van der Waals surface area contributed by atoms with Crippen molar-refractivity contribution in [3.63, 3.8) is 0 Å². The van der Waals surface area contributed by atoms with Crippen LogP contribution in [0.4, 0.5) is 5.69 Å². The number of anilines is 1. The lowest BCUT2D eigenvalue weighted by Gasteiger charge is -2.15. The van der Waals surface area contributed by atoms with Crippen molar-refractivity contribution in [3.05, 3.63) is 23.0 Å². The lowest BCUT2D eigenvalue weighted by atomic mass is 10.0. The van der Waals surface area contributed by atoms with Crippen LogP contribution in [-0.2, 0) is 4.79 Å². The van der Waals surface area contributed by atoms with Gasteiger partial charge in [-0.05, 0) is 31.4 Å². The molecule has 1 aromatic heterocycles. The lowest BCUT2D eigenvalue weighted by Crippen LogP contribution is -2.36. The molecule has 0 aliphatic heterocycles. The van der Waals surface area contributed by atoms with Crippen LogP contribution in [0.3, 0.4) is 0 Å². The number of pyridine rings is 1. The highest BCUT2D eigenvalue weighted by Gasteiger charge is 2.15. The van der Waals surface area contributed by atoms with E-state index in [-0.39, 0.29) is 5.91 Å². The summed E-state index contributed by atoms with van der Waals surface area (Å²) in [7, 11) is 0. The zero-order valence-electron chi connectivity index (χ0n) is 10.3. The highest BCUT2D eigenvalue weighted by atomic mass is 35.5. The van der Waals surface area contributed by atoms with Gasteiger partial charge in [-0.1, -0.05) is 25.4 Å². The molecule has 5 heteroatoms. The highest BCUT2D eigenvalue weighted by Crippen LogP contribution is 2.16. The van der Waals surface area contributed by atoms with Gasteiger partial charge in [0.2, 0.25) is 5.91 Å². The normalized spacial score (nSPS) is 12.6. The summed E-state index contributed by atoms with van der Waals surface area (Å²) in [6, 6.07) is 2.87. The summed E-state index contributed by atoms with van der Waals surface area (Å²) in [4.78, 5) is 15.8. The first-order chi connectivity index (χ1) is 7.90. The van der Waals surface area contributed by atoms with Crippen molar-refractivity contribution in [2.24, 2.45) is 11.7 Å². The summed E-state index contributed by atoms with van der Waals surface area (Å²) in [5.74, 6) is 0.200. The largest absolute Gasteiger partial charge is 0.323 e. The number of carbonyl (C=O) groups is 1. The van der Waals surface area contributed by atoms with Crippen molar-refractivity contribution < 1.29 is 4.79 Å². The molecule has 1 heterocycles. The fourth-order valence-corrected chi connectivity index (χ4v) is 1.69. The number of nitrogens with one attached hydrogen (secondary N) is 1. The monoisotopic (exact) mass is 255 g/mol. The van der Waals surface area contributed by atoms with E-state index in [9.17, 15) is 4.79 Å². The van der Waals surface area contributed by atoms with Crippen molar-refractivity contribution in [3.8, 4) is 0 Å². The van der Waals surface area contributed by atoms with Crippen LogP contribution in [0.15, 0.2) is 12.1 Å². The van der Waals surface area contributed by atoms with Crippen LogP contribution in [0, 0.1) is 12.8 Å². The predicted molar refractivity (Wildman–Crippen MR) is 70.0 cm³/mol. The number of hydrogen-bond donors (Lipinski definition) is 2. The molecule has 1 aromatic rings. The molecule has 4 nitrogen and oxygen atoms in total. The molecule has 0 radical (unpaired) electrons. The smallest absolute Gasteiger partial charge is 0.241 e. The number of halogens is 1. The molecule has 0 saturated heterocycles. The maximum absolute atomic E-state index is 11.8. The van der Waals surface area contributed by atoms with Gasteiger partial charge in [-0.3, -0.25) is 4.79 Å². The number of carbonyl (C=O) groups excluding carboxylic acids is 1. The topological polar surface area (TPSA) is 68.0 Å². The standard InChI is InChI=1S/C12H18ClN3O/c1-7(2)6-9(14)12(17)16-10-4-5-11(13)15-8(10)3/h4-5,7,9H,6,14H2,1-3H3,(H,16,17)/t9-/m0/s1. The van der Waals surface area contributed by atoms with Crippen molar-refractivity contribution in [2.75, 3.05) is 5.32 Å². The fourth-order valence-electron chi connectivity index (χ4n) is 1.50. The number of nitrogens with two attached hydrogens (primary N) is 1. The van der Waals surface area contributed by atoms with E-state index in [2.05, 4.69) is 10.3 Å². The number of amides is 1. The summed E-state index contributed by atoms with van der Waals surface area (Å²) in [6.07, 6.45) is 0.659. The number of aromatic nitrogens is 1. The Morgan fingerprint density at radius 1 is 1.53 bits per heavy atom. The third-order valence-corrected chi connectivity index (χ3v) is 2.58. The van der Waals surface area contributed by atoms with Gasteiger partial charge in [-0.25, -0.2) is 4.98 Å². The molecule has 0 aliphatic rings. The minimum Gasteiger partial charge on any atom is -0.323 e. The maximum Gasteiger partial charge on any atom is 0.241 e. The van der Waals surface area contributed by atoms with Crippen LogP contribution >= 0.6 is 11.6 Å². The van der Waals surface area contributed by atoms with E-state index in [1.54, 1.807) is 19.1 Å². The number of hydrogen-bond acceptors (Lipinski definition) is 3. The van der Waals surface area contributed by atoms with Crippen molar-refractivity contribution in [2.45, 2.75) is 33.2 Å². The van der Waals surface area contributed by atoms with Gasteiger partial charge in [0.1, 0.15) is 5.15 Å². The molecule has 1 rings (SSSR count). The van der Waals surface area contributed by atoms with Gasteiger partial charge in [0.05, 0.1) is 17.4 Å². The average Bonchev–Trinajstić information content (AvgIpc) is 2.21. The molecule has 17 heavy (non-hydrogen) atoms. The molecule has 0 bridgehead atoms. The molecular formula is C12H18ClN3O. The molecule has 0 aromatic carbocycles. The predicted octanol–water partition coefficient (Wildman–Crippen LogP) is 2.36. The van der Waals surface area contributed by atoms with Crippen LogP contribution in [-0.4, -0.2) is 16.9 Å². The Morgan fingerprint density at radius 3 is 2.71 bits per heavy atom. The van der Waals surface area contributed by atoms with Gasteiger partial charge in [0.15, 0.2) is 0 Å². The number of aryl methyl sites for hydroxylation is 1. The Labute approximate surface area is 107 Å². The van der Waals surface area contributed by atoms with Crippen molar-refractivity contribution in [1.82, 2.24) is 4.98 Å². The van der Waals surface area contributed by atoms with Gasteiger partial charge in [0.25, 0.3) is 0 Å². The molecule has 0 spiro atoms. The minimum atomic E-state index is -0.495. The summed E-state index contributed by atoms with van der Waals surface area (Å²) in [5, 5.41) is 3.17. The van der Waals surface area contributed by atoms with Gasteiger partial charge >= 0.3 is 0 Å². The molecule has 0 aliphatic carbocycles. The average molecular weight is 256 g/mol. The first kappa shape index (κ1) is 13.9. The van der Waals surface area contributed by atoms with Crippen LogP contribution in [0.5, 0.6) is 0 Å². The van der Waals surface area contributed by atoms with Gasteiger partial charge < -0.3 is 11.1 Å². The van der Waals surface area contributed by atoms with Crippen LogP contribution in [0.25, 0.3) is 0 Å². The molecule has 0 fully saturated rings. The van der Waals surface area contributed by atoms with Crippen LogP contribution in [0.1, 0.15) is 26.0 Å². The quantitative estimate of drug-likeness (QED) is 0.812. The van der Waals surface area contributed by atoms with Crippen molar-refractivity contribution in [1.29, 1.82) is 0 Å². The van der Waals surface area contributed by atoms with E-state index >= 15 is 0 Å². The number of nitrogens with zero attached hydrogens (tertiary/aromatic N) is 1. The minimum absolute atomic E-state index is 0.189. The van der Waals surface area contributed by atoms with E-state index in [1.165, 1.54) is 0 Å². The molecule has 1 atom stereocenters. The second-order valence-corrected chi connectivity index (χ2v) is 4.88. The van der Waals surface area contributed by atoms with E-state index in [1.807, 2.05) is 13.8 Å². The van der Waals surface area contributed by atoms with Crippen LogP contribution < -0.4 is 11.1 Å². The summed E-state index contributed by atoms with van der Waals surface area (Å²) in [6.45, 7) is 5.85. The summed E-state index contributed by atoms with van der Waals surface area (Å²) >= 11 is 5.74. The van der Waals surface area contributed by atoms with Gasteiger partial charge in [-0.15, -0.1) is 0 Å². The molecule has 1 amide bonds. The third-order valence-electron chi connectivity index (χ3n) is 2.37. The first-order valence-corrected chi connectivity index (χ1v) is 5.97. The van der Waals surface area contributed by atoms with E-state index in [0.29, 0.717) is 28.9 Å². The first-order valence-electron chi connectivity index (χ1n) is 5.59. The van der Waals surface area contributed by atoms with E-state index in [4.69, 9.17) is 17.3 Å². The second kappa shape index (κ2) is 5.98. The van der Waals surface area contributed by atoms with Gasteiger partial charge in [-0.2, -0.15) is 0 Å². The molecular weight excluding hydrogens is 238 g/mol. The summed E-state index contributed by atoms with van der Waals surface area (Å²) in [5.41, 5.74) is 7.12. The molecule has 94 valence electrons. The third kappa shape index (κ3) is 4.32. The molecule has 3 N–H and O–H groups in total. The molecule has 0 unspecified atom stereocenters. The Hall–Kier alpha value is -1.13. The zero-order valence-corrected chi connectivity index (χ0v) is 11.1. The lowest BCUT2D eigenvalue weighted by molar-refractivity contribution is -0.117. The zero-order chi connectivity index (χ0) is 13.0. The van der Waals surface area contributed by atoms with E-state index < -0.39 is 6.04 Å². The Bertz CT molecular complexity index is 407. The summed E-state index contributed by atoms with van der Waals surface area (Å²) < 4.78 is 0. The van der Waals surface area contributed by atoms with Gasteiger partial charge in [0, 0.05) is 0 Å². The Balaban J connectivity index is 2.67. The maximum atomic E-state index is 11.8.